The van der Waals surface area contributed by atoms with Crippen LogP contribution in [0.15, 0.2) is 53.5 Å². The lowest BCUT2D eigenvalue weighted by atomic mass is 10.2. The highest BCUT2D eigenvalue weighted by molar-refractivity contribution is 5.79. The van der Waals surface area contributed by atoms with E-state index in [0.29, 0.717) is 13.1 Å². The van der Waals surface area contributed by atoms with Gasteiger partial charge in [0.2, 0.25) is 6.79 Å². The van der Waals surface area contributed by atoms with E-state index in [0.717, 1.165) is 28.6 Å². The lowest BCUT2D eigenvalue weighted by molar-refractivity contribution is 0.174. The molecule has 1 aliphatic rings. The lowest BCUT2D eigenvalue weighted by Gasteiger charge is -2.21. The van der Waals surface area contributed by atoms with Crippen LogP contribution in [0.4, 0.5) is 0 Å². The molecule has 5 heteroatoms. The van der Waals surface area contributed by atoms with Crippen LogP contribution in [-0.2, 0) is 6.54 Å². The second-order valence-corrected chi connectivity index (χ2v) is 5.61. The minimum Gasteiger partial charge on any atom is -0.454 e. The summed E-state index contributed by atoms with van der Waals surface area (Å²) < 4.78 is 10.8. The number of aliphatic imine (C=N–C) groups is 1. The first kappa shape index (κ1) is 16.7. The first-order valence-corrected chi connectivity index (χ1v) is 8.10. The van der Waals surface area contributed by atoms with Gasteiger partial charge >= 0.3 is 0 Å². The van der Waals surface area contributed by atoms with Crippen molar-refractivity contribution in [2.24, 2.45) is 4.99 Å². The van der Waals surface area contributed by atoms with Crippen LogP contribution in [0, 0.1) is 11.8 Å². The molecule has 1 heterocycles. The molecule has 0 aliphatic carbocycles. The summed E-state index contributed by atoms with van der Waals surface area (Å²) in [6.45, 7) is 1.54. The van der Waals surface area contributed by atoms with Crippen molar-refractivity contribution in [1.82, 2.24) is 10.2 Å². The minimum absolute atomic E-state index is 0.290. The molecule has 1 aliphatic heterocycles. The van der Waals surface area contributed by atoms with Crippen molar-refractivity contribution in [2.45, 2.75) is 6.54 Å². The maximum Gasteiger partial charge on any atom is 0.231 e. The second-order valence-electron chi connectivity index (χ2n) is 5.61. The van der Waals surface area contributed by atoms with Crippen LogP contribution in [0.2, 0.25) is 0 Å². The summed E-state index contributed by atoms with van der Waals surface area (Å²) in [6, 6.07) is 15.9. The standard InChI is InChI=1S/C20H21N3O2/c1-21-20(22-12-6-9-16-7-4-3-5-8-16)23(2)14-17-10-11-18-19(13-17)25-15-24-18/h3-5,7-8,10-11,13H,12,14-15H2,1-2H3,(H,21,22). The molecule has 0 atom stereocenters. The number of hydrogen-bond acceptors (Lipinski definition) is 3. The Labute approximate surface area is 148 Å². The molecule has 0 saturated carbocycles. The first-order chi connectivity index (χ1) is 12.3. The van der Waals surface area contributed by atoms with E-state index in [1.165, 1.54) is 0 Å². The molecule has 3 rings (SSSR count). The molecule has 0 spiro atoms. The van der Waals surface area contributed by atoms with Crippen LogP contribution < -0.4 is 14.8 Å². The summed E-state index contributed by atoms with van der Waals surface area (Å²) in [5, 5.41) is 3.26. The summed E-state index contributed by atoms with van der Waals surface area (Å²) >= 11 is 0. The van der Waals surface area contributed by atoms with E-state index in [1.807, 2.05) is 60.5 Å². The third-order valence-corrected chi connectivity index (χ3v) is 3.77. The third-order valence-electron chi connectivity index (χ3n) is 3.77. The van der Waals surface area contributed by atoms with E-state index in [4.69, 9.17) is 9.47 Å². The highest BCUT2D eigenvalue weighted by atomic mass is 16.7. The fourth-order valence-electron chi connectivity index (χ4n) is 2.56. The predicted octanol–water partition coefficient (Wildman–Crippen LogP) is 2.47. The molecule has 5 nitrogen and oxygen atoms in total. The number of nitrogens with one attached hydrogen (secondary N) is 1. The molecular formula is C20H21N3O2. The molecule has 0 radical (unpaired) electrons. The number of hydrogen-bond donors (Lipinski definition) is 1. The highest BCUT2D eigenvalue weighted by Gasteiger charge is 2.14. The van der Waals surface area contributed by atoms with Crippen molar-refractivity contribution >= 4 is 5.96 Å². The zero-order valence-corrected chi connectivity index (χ0v) is 14.5. The number of guanidine groups is 1. The predicted molar refractivity (Wildman–Crippen MR) is 98.7 cm³/mol. The van der Waals surface area contributed by atoms with Gasteiger partial charge in [-0.05, 0) is 29.8 Å². The summed E-state index contributed by atoms with van der Waals surface area (Å²) in [6.07, 6.45) is 0. The van der Waals surface area contributed by atoms with Crippen molar-refractivity contribution in [3.63, 3.8) is 0 Å². The van der Waals surface area contributed by atoms with Gasteiger partial charge in [-0.3, -0.25) is 4.99 Å². The largest absolute Gasteiger partial charge is 0.454 e. The Morgan fingerprint density at radius 3 is 2.76 bits per heavy atom. The Kier molecular flexibility index (Phi) is 5.43. The minimum atomic E-state index is 0.290. The van der Waals surface area contributed by atoms with Crippen molar-refractivity contribution in [3.05, 3.63) is 59.7 Å². The van der Waals surface area contributed by atoms with Crippen LogP contribution in [0.1, 0.15) is 11.1 Å². The van der Waals surface area contributed by atoms with Gasteiger partial charge in [-0.1, -0.05) is 36.1 Å². The normalized spacial score (nSPS) is 12.3. The summed E-state index contributed by atoms with van der Waals surface area (Å²) in [5.74, 6) is 8.62. The lowest BCUT2D eigenvalue weighted by Crippen LogP contribution is -2.38. The molecule has 0 bridgehead atoms. The molecule has 0 amide bonds. The maximum absolute atomic E-state index is 5.42. The van der Waals surface area contributed by atoms with Crippen LogP contribution >= 0.6 is 0 Å². The van der Waals surface area contributed by atoms with E-state index in [9.17, 15) is 0 Å². The SMILES string of the molecule is CN=C(NCC#Cc1ccccc1)N(C)Cc1ccc2c(c1)OCO2. The molecule has 25 heavy (non-hydrogen) atoms. The van der Waals surface area contributed by atoms with Gasteiger partial charge in [-0.25, -0.2) is 0 Å². The van der Waals surface area contributed by atoms with Gasteiger partial charge in [0.1, 0.15) is 0 Å². The van der Waals surface area contributed by atoms with E-state index in [-0.39, 0.29) is 6.79 Å². The average molecular weight is 335 g/mol. The third kappa shape index (κ3) is 4.45. The Morgan fingerprint density at radius 2 is 1.96 bits per heavy atom. The van der Waals surface area contributed by atoms with Gasteiger partial charge < -0.3 is 19.7 Å². The Morgan fingerprint density at radius 1 is 1.16 bits per heavy atom. The van der Waals surface area contributed by atoms with Crippen LogP contribution in [0.3, 0.4) is 0 Å². The van der Waals surface area contributed by atoms with Gasteiger partial charge in [0.15, 0.2) is 17.5 Å². The Balaban J connectivity index is 1.55. The molecule has 1 N–H and O–H groups in total. The van der Waals surface area contributed by atoms with Gasteiger partial charge in [0, 0.05) is 26.2 Å². The highest BCUT2D eigenvalue weighted by Crippen LogP contribution is 2.32. The van der Waals surface area contributed by atoms with Crippen molar-refractivity contribution in [3.8, 4) is 23.3 Å². The van der Waals surface area contributed by atoms with Crippen molar-refractivity contribution < 1.29 is 9.47 Å². The zero-order valence-electron chi connectivity index (χ0n) is 14.5. The van der Waals surface area contributed by atoms with Crippen LogP contribution in [-0.4, -0.2) is 38.3 Å². The van der Waals surface area contributed by atoms with E-state index < -0.39 is 0 Å². The van der Waals surface area contributed by atoms with Gasteiger partial charge in [-0.15, -0.1) is 0 Å². The topological polar surface area (TPSA) is 46.1 Å². The molecular weight excluding hydrogens is 314 g/mol. The average Bonchev–Trinajstić information content (AvgIpc) is 3.10. The number of nitrogens with zero attached hydrogens (tertiary/aromatic N) is 2. The maximum atomic E-state index is 5.42. The Bertz CT molecular complexity index is 807. The van der Waals surface area contributed by atoms with Gasteiger partial charge in [-0.2, -0.15) is 0 Å². The monoisotopic (exact) mass is 335 g/mol. The summed E-state index contributed by atoms with van der Waals surface area (Å²) in [7, 11) is 3.76. The second kappa shape index (κ2) is 8.11. The van der Waals surface area contributed by atoms with Crippen LogP contribution in [0.25, 0.3) is 0 Å². The smallest absolute Gasteiger partial charge is 0.231 e. The van der Waals surface area contributed by atoms with Crippen LogP contribution in [0.5, 0.6) is 11.5 Å². The Hall–Kier alpha value is -3.13. The van der Waals surface area contributed by atoms with Crippen molar-refractivity contribution in [2.75, 3.05) is 27.4 Å². The molecule has 0 saturated heterocycles. The van der Waals surface area contributed by atoms with Crippen molar-refractivity contribution in [1.29, 1.82) is 0 Å². The fraction of sp³-hybridized carbons (Fsp3) is 0.250. The number of fused-ring (bicyclic) bond motifs is 1. The summed E-state index contributed by atoms with van der Waals surface area (Å²) in [4.78, 5) is 6.35. The van der Waals surface area contributed by atoms with Gasteiger partial charge in [0.25, 0.3) is 0 Å². The zero-order chi connectivity index (χ0) is 17.5. The molecule has 2 aromatic rings. The summed E-state index contributed by atoms with van der Waals surface area (Å²) in [5.41, 5.74) is 2.14. The molecule has 128 valence electrons. The van der Waals surface area contributed by atoms with E-state index >= 15 is 0 Å². The molecule has 0 unspecified atom stereocenters. The number of rotatable bonds is 3. The number of ether oxygens (including phenoxy) is 2. The van der Waals surface area contributed by atoms with Gasteiger partial charge in [0.05, 0.1) is 6.54 Å². The fourth-order valence-corrected chi connectivity index (χ4v) is 2.56. The quantitative estimate of drug-likeness (QED) is 0.532. The first-order valence-electron chi connectivity index (χ1n) is 8.10. The molecule has 2 aromatic carbocycles. The number of benzene rings is 2. The molecule has 0 aromatic heterocycles. The van der Waals surface area contributed by atoms with E-state index in [2.05, 4.69) is 22.2 Å². The molecule has 0 fully saturated rings. The van der Waals surface area contributed by atoms with E-state index in [1.54, 1.807) is 7.05 Å².